The molecule has 190 valence electrons. The average Bonchev–Trinajstić information content (AvgIpc) is 3.49. The molecule has 0 aliphatic carbocycles. The maximum Gasteiger partial charge on any atom is 0.137 e. The number of unbranched alkanes of at least 4 members (excludes halogenated alkanes) is 1. The van der Waals surface area contributed by atoms with E-state index < -0.39 is 17.2 Å². The molecule has 1 N–H and O–H groups in total. The summed E-state index contributed by atoms with van der Waals surface area (Å²) in [7, 11) is 0. The summed E-state index contributed by atoms with van der Waals surface area (Å²) in [5, 5.41) is 24.4. The van der Waals surface area contributed by atoms with E-state index in [1.54, 1.807) is 4.68 Å². The van der Waals surface area contributed by atoms with Gasteiger partial charge in [0.15, 0.2) is 0 Å². The van der Waals surface area contributed by atoms with E-state index in [4.69, 9.17) is 0 Å². The summed E-state index contributed by atoms with van der Waals surface area (Å²) in [5.41, 5.74) is 0.117. The van der Waals surface area contributed by atoms with Crippen molar-refractivity contribution in [2.75, 3.05) is 13.1 Å². The first-order valence-electron chi connectivity index (χ1n) is 11.7. The van der Waals surface area contributed by atoms with Crippen LogP contribution in [0.1, 0.15) is 36.6 Å². The minimum atomic E-state index is -1.69. The van der Waals surface area contributed by atoms with Crippen molar-refractivity contribution in [3.8, 4) is 0 Å². The van der Waals surface area contributed by atoms with E-state index >= 15 is 0 Å². The van der Waals surface area contributed by atoms with Gasteiger partial charge in [-0.25, -0.2) is 23.1 Å². The second-order valence-corrected chi connectivity index (χ2v) is 9.77. The minimum Gasteiger partial charge on any atom is -0.382 e. The van der Waals surface area contributed by atoms with Gasteiger partial charge in [-0.2, -0.15) is 5.10 Å². The number of nitrogens with zero attached hydrogens (tertiary/aromatic N) is 7. The van der Waals surface area contributed by atoms with Crippen LogP contribution in [0, 0.1) is 11.6 Å². The van der Waals surface area contributed by atoms with Crippen LogP contribution in [0.25, 0.3) is 0 Å². The van der Waals surface area contributed by atoms with Crippen LogP contribution in [-0.2, 0) is 25.2 Å². The van der Waals surface area contributed by atoms with Crippen molar-refractivity contribution >= 4 is 15.9 Å². The Bertz CT molecular complexity index is 1270. The molecule has 0 saturated heterocycles. The summed E-state index contributed by atoms with van der Waals surface area (Å²) >= 11 is 3.48. The van der Waals surface area contributed by atoms with Crippen molar-refractivity contribution in [3.05, 3.63) is 94.2 Å². The van der Waals surface area contributed by atoms with Crippen LogP contribution in [0.5, 0.6) is 0 Å². The Morgan fingerprint density at radius 3 is 2.72 bits per heavy atom. The number of hydrogen-bond acceptors (Lipinski definition) is 6. The molecule has 2 heterocycles. The third-order valence-corrected chi connectivity index (χ3v) is 6.33. The molecule has 0 amide bonds. The highest BCUT2D eigenvalue weighted by atomic mass is 79.9. The Labute approximate surface area is 216 Å². The number of halogens is 3. The third-order valence-electron chi connectivity index (χ3n) is 5.84. The number of rotatable bonds is 12. The molecule has 8 nitrogen and oxygen atoms in total. The zero-order valence-corrected chi connectivity index (χ0v) is 21.5. The third kappa shape index (κ3) is 6.80. The lowest BCUT2D eigenvalue weighted by Gasteiger charge is -2.34. The molecule has 0 radical (unpaired) electrons. The van der Waals surface area contributed by atoms with Gasteiger partial charge in [0, 0.05) is 29.2 Å². The molecule has 1 atom stereocenters. The Morgan fingerprint density at radius 2 is 2.00 bits per heavy atom. The lowest BCUT2D eigenvalue weighted by molar-refractivity contribution is -0.0242. The van der Waals surface area contributed by atoms with Crippen LogP contribution in [0.2, 0.25) is 0 Å². The van der Waals surface area contributed by atoms with Gasteiger partial charge in [-0.05, 0) is 36.7 Å². The van der Waals surface area contributed by atoms with Crippen molar-refractivity contribution in [2.45, 2.75) is 45.0 Å². The average molecular weight is 560 g/mol. The molecule has 1 unspecified atom stereocenters. The number of benzene rings is 2. The molecule has 11 heteroatoms. The lowest BCUT2D eigenvalue weighted by atomic mass is 9.92. The molecule has 0 fully saturated rings. The standard InChI is InChI=1S/C25H28BrF2N7O/c1-2-3-9-33(13-22-14-34(32-31-22)12-19-5-4-6-20(26)10-19)15-25(36,16-35-18-29-17-30-35)23-8-7-21(27)11-24(23)28/h4-8,10-11,14,17-18,36H,2-3,9,12-13,15-16H2,1H3. The predicted octanol–water partition coefficient (Wildman–Crippen LogP) is 4.15. The predicted molar refractivity (Wildman–Crippen MR) is 134 cm³/mol. The first kappa shape index (κ1) is 26.1. The lowest BCUT2D eigenvalue weighted by Crippen LogP contribution is -2.45. The summed E-state index contributed by atoms with van der Waals surface area (Å²) in [6.45, 7) is 3.73. The van der Waals surface area contributed by atoms with Gasteiger partial charge < -0.3 is 5.11 Å². The Morgan fingerprint density at radius 1 is 1.14 bits per heavy atom. The Balaban J connectivity index is 1.56. The van der Waals surface area contributed by atoms with Gasteiger partial charge in [-0.3, -0.25) is 4.90 Å². The second-order valence-electron chi connectivity index (χ2n) is 8.85. The second kappa shape index (κ2) is 11.8. The molecule has 2 aromatic carbocycles. The van der Waals surface area contributed by atoms with Crippen LogP contribution in [0.3, 0.4) is 0 Å². The largest absolute Gasteiger partial charge is 0.382 e. The molecule has 0 saturated carbocycles. The van der Waals surface area contributed by atoms with Crippen molar-refractivity contribution < 1.29 is 13.9 Å². The summed E-state index contributed by atoms with van der Waals surface area (Å²) < 4.78 is 32.7. The van der Waals surface area contributed by atoms with E-state index in [0.29, 0.717) is 19.6 Å². The van der Waals surface area contributed by atoms with Crippen molar-refractivity contribution in [1.29, 1.82) is 0 Å². The molecule has 36 heavy (non-hydrogen) atoms. The molecule has 2 aromatic heterocycles. The molecule has 4 rings (SSSR count). The minimum absolute atomic E-state index is 0.000734. The van der Waals surface area contributed by atoms with Crippen molar-refractivity contribution in [3.63, 3.8) is 0 Å². The molecule has 4 aromatic rings. The Hall–Kier alpha value is -3.02. The van der Waals surface area contributed by atoms with Crippen LogP contribution in [-0.4, -0.2) is 52.9 Å². The zero-order chi connectivity index (χ0) is 25.5. The van der Waals surface area contributed by atoms with Crippen molar-refractivity contribution in [1.82, 2.24) is 34.7 Å². The molecule has 0 aliphatic heterocycles. The first-order chi connectivity index (χ1) is 17.3. The number of aliphatic hydroxyl groups is 1. The summed E-state index contributed by atoms with van der Waals surface area (Å²) in [5.74, 6) is -1.52. The first-order valence-corrected chi connectivity index (χ1v) is 12.5. The number of aromatic nitrogens is 6. The fourth-order valence-electron chi connectivity index (χ4n) is 4.17. The summed E-state index contributed by atoms with van der Waals surface area (Å²) in [6.07, 6.45) is 6.49. The van der Waals surface area contributed by atoms with Gasteiger partial charge in [-0.1, -0.05) is 52.7 Å². The smallest absolute Gasteiger partial charge is 0.137 e. The van der Waals surface area contributed by atoms with Gasteiger partial charge >= 0.3 is 0 Å². The van der Waals surface area contributed by atoms with Gasteiger partial charge in [-0.15, -0.1) is 5.10 Å². The van der Waals surface area contributed by atoms with Gasteiger partial charge in [0.05, 0.1) is 25.0 Å². The quantitative estimate of drug-likeness (QED) is 0.280. The maximum atomic E-state index is 14.8. The van der Waals surface area contributed by atoms with Crippen molar-refractivity contribution in [2.24, 2.45) is 0 Å². The topological polar surface area (TPSA) is 84.9 Å². The van der Waals surface area contributed by atoms with E-state index in [2.05, 4.69) is 43.2 Å². The molecule has 0 spiro atoms. The van der Waals surface area contributed by atoms with E-state index in [1.165, 1.54) is 23.4 Å². The highest BCUT2D eigenvalue weighted by molar-refractivity contribution is 9.10. The van der Waals surface area contributed by atoms with Gasteiger partial charge in [0.2, 0.25) is 0 Å². The Kier molecular flexibility index (Phi) is 8.55. The molecule has 0 aliphatic rings. The SMILES string of the molecule is CCCCN(Cc1cn(Cc2cccc(Br)c2)nn1)CC(O)(Cn1cncn1)c1ccc(F)cc1F. The molecular formula is C25H28BrF2N7O. The van der Waals surface area contributed by atoms with Crippen LogP contribution in [0.15, 0.2) is 65.8 Å². The van der Waals surface area contributed by atoms with Gasteiger partial charge in [0.1, 0.15) is 29.9 Å². The summed E-state index contributed by atoms with van der Waals surface area (Å²) in [6, 6.07) is 11.2. The fraction of sp³-hybridized carbons (Fsp3) is 0.360. The number of hydrogen-bond donors (Lipinski definition) is 1. The van der Waals surface area contributed by atoms with Crippen LogP contribution in [0.4, 0.5) is 8.78 Å². The van der Waals surface area contributed by atoms with E-state index in [1.807, 2.05) is 35.4 Å². The molecular weight excluding hydrogens is 532 g/mol. The maximum absolute atomic E-state index is 14.8. The zero-order valence-electron chi connectivity index (χ0n) is 19.9. The van der Waals surface area contributed by atoms with E-state index in [-0.39, 0.29) is 18.7 Å². The monoisotopic (exact) mass is 559 g/mol. The highest BCUT2D eigenvalue weighted by Crippen LogP contribution is 2.28. The van der Waals surface area contributed by atoms with E-state index in [9.17, 15) is 13.9 Å². The van der Waals surface area contributed by atoms with Gasteiger partial charge in [0.25, 0.3) is 0 Å². The highest BCUT2D eigenvalue weighted by Gasteiger charge is 2.35. The molecule has 0 bridgehead atoms. The summed E-state index contributed by atoms with van der Waals surface area (Å²) in [4.78, 5) is 5.94. The van der Waals surface area contributed by atoms with Crippen LogP contribution >= 0.6 is 15.9 Å². The fourth-order valence-corrected chi connectivity index (χ4v) is 4.62. The normalized spacial score (nSPS) is 13.3. The van der Waals surface area contributed by atoms with Crippen LogP contribution < -0.4 is 0 Å². The van der Waals surface area contributed by atoms with E-state index in [0.717, 1.165) is 40.7 Å².